The molecule has 0 aliphatic carbocycles. The van der Waals surface area contributed by atoms with Gasteiger partial charge < -0.3 is 0 Å². The molecule has 1 N–H and O–H groups in total. The van der Waals surface area contributed by atoms with Gasteiger partial charge in [0.2, 0.25) is 0 Å². The minimum Gasteiger partial charge on any atom is -0.286 e. The van der Waals surface area contributed by atoms with E-state index >= 15 is 0 Å². The fourth-order valence-electron chi connectivity index (χ4n) is 0.595. The SMILES string of the molecule is CCCOS(=O)OCCC.CCCS(=O)(=O)O. The summed E-state index contributed by atoms with van der Waals surface area (Å²) in [5.41, 5.74) is 0. The fraction of sp³-hybridized carbons (Fsp3) is 1.00. The lowest BCUT2D eigenvalue weighted by Gasteiger charge is -1.99. The molecule has 0 saturated carbocycles. The van der Waals surface area contributed by atoms with Crippen LogP contribution in [0.25, 0.3) is 0 Å². The van der Waals surface area contributed by atoms with Crippen LogP contribution < -0.4 is 0 Å². The van der Waals surface area contributed by atoms with Gasteiger partial charge in [-0.3, -0.25) is 12.9 Å². The van der Waals surface area contributed by atoms with E-state index in [1.165, 1.54) is 0 Å². The molecule has 0 aromatic heterocycles. The predicted molar refractivity (Wildman–Crippen MR) is 67.3 cm³/mol. The van der Waals surface area contributed by atoms with Crippen LogP contribution in [0.15, 0.2) is 0 Å². The Morgan fingerprint density at radius 2 is 1.41 bits per heavy atom. The molecule has 0 aliphatic rings. The third kappa shape index (κ3) is 21.8. The molecule has 0 amide bonds. The Bertz CT molecular complexity index is 265. The van der Waals surface area contributed by atoms with E-state index < -0.39 is 21.5 Å². The van der Waals surface area contributed by atoms with Crippen molar-refractivity contribution in [3.63, 3.8) is 0 Å². The standard InChI is InChI=1S/C6H14O3S.C3H8O3S/c1-3-5-8-10(7)9-6-4-2;1-2-3-7(4,5)6/h3-6H2,1-2H3;2-3H2,1H3,(H,4,5,6). The van der Waals surface area contributed by atoms with Gasteiger partial charge in [0.25, 0.3) is 10.1 Å². The number of hydrogen-bond acceptors (Lipinski definition) is 5. The van der Waals surface area contributed by atoms with Crippen molar-refractivity contribution < 1.29 is 25.5 Å². The Kier molecular flexibility index (Phi) is 14.1. The van der Waals surface area contributed by atoms with Crippen molar-refractivity contribution in [3.8, 4) is 0 Å². The van der Waals surface area contributed by atoms with E-state index in [1.54, 1.807) is 6.92 Å². The highest BCUT2D eigenvalue weighted by atomic mass is 32.2. The molecule has 0 heterocycles. The zero-order valence-corrected chi connectivity index (χ0v) is 12.2. The van der Waals surface area contributed by atoms with Crippen molar-refractivity contribution in [2.45, 2.75) is 40.0 Å². The van der Waals surface area contributed by atoms with Crippen LogP contribution in [-0.4, -0.2) is 36.1 Å². The Hall–Kier alpha value is -0.0200. The lowest BCUT2D eigenvalue weighted by atomic mass is 10.5. The van der Waals surface area contributed by atoms with Crippen molar-refractivity contribution >= 4 is 21.5 Å². The first-order chi connectivity index (χ1) is 7.87. The van der Waals surface area contributed by atoms with Gasteiger partial charge in [0.05, 0.1) is 19.0 Å². The molecule has 0 aromatic carbocycles. The van der Waals surface area contributed by atoms with Crippen LogP contribution in [0.1, 0.15) is 40.0 Å². The molecule has 0 spiro atoms. The Morgan fingerprint density at radius 3 is 1.59 bits per heavy atom. The van der Waals surface area contributed by atoms with E-state index in [0.717, 1.165) is 12.8 Å². The van der Waals surface area contributed by atoms with E-state index in [1.807, 2.05) is 13.8 Å². The van der Waals surface area contributed by atoms with E-state index in [9.17, 15) is 12.6 Å². The van der Waals surface area contributed by atoms with Gasteiger partial charge >= 0.3 is 11.4 Å². The molecule has 0 radical (unpaired) electrons. The second-order valence-electron chi connectivity index (χ2n) is 3.13. The van der Waals surface area contributed by atoms with Crippen LogP contribution >= 0.6 is 0 Å². The summed E-state index contributed by atoms with van der Waals surface area (Å²) >= 11 is -1.52. The second-order valence-corrected chi connectivity index (χ2v) is 5.59. The van der Waals surface area contributed by atoms with Gasteiger partial charge in [-0.2, -0.15) is 12.6 Å². The summed E-state index contributed by atoms with van der Waals surface area (Å²) in [5, 5.41) is 0. The first-order valence-corrected chi connectivity index (χ1v) is 8.11. The van der Waals surface area contributed by atoms with Crippen LogP contribution in [0, 0.1) is 0 Å². The average Bonchev–Trinajstić information content (AvgIpc) is 2.22. The largest absolute Gasteiger partial charge is 0.304 e. The molecule has 0 rings (SSSR count). The van der Waals surface area contributed by atoms with Crippen LogP contribution in [0.3, 0.4) is 0 Å². The first kappa shape index (κ1) is 19.3. The third-order valence-electron chi connectivity index (χ3n) is 1.23. The minimum absolute atomic E-state index is 0.132. The van der Waals surface area contributed by atoms with E-state index in [-0.39, 0.29) is 5.75 Å². The summed E-state index contributed by atoms with van der Waals surface area (Å²) in [5.74, 6) is -0.132. The molecule has 0 aliphatic heterocycles. The number of hydrogen-bond donors (Lipinski definition) is 1. The maximum Gasteiger partial charge on any atom is 0.304 e. The maximum absolute atomic E-state index is 10.6. The van der Waals surface area contributed by atoms with Crippen molar-refractivity contribution in [1.29, 1.82) is 0 Å². The van der Waals surface area contributed by atoms with Crippen molar-refractivity contribution in [3.05, 3.63) is 0 Å². The quantitative estimate of drug-likeness (QED) is 0.684. The Labute approximate surface area is 106 Å². The maximum atomic E-state index is 10.6. The zero-order valence-electron chi connectivity index (χ0n) is 10.5. The first-order valence-electron chi connectivity index (χ1n) is 5.50. The molecule has 17 heavy (non-hydrogen) atoms. The predicted octanol–water partition coefficient (Wildman–Crippen LogP) is 1.70. The smallest absolute Gasteiger partial charge is 0.286 e. The summed E-state index contributed by atoms with van der Waals surface area (Å²) in [6, 6.07) is 0. The van der Waals surface area contributed by atoms with Crippen LogP contribution in [0.2, 0.25) is 0 Å². The molecule has 0 atom stereocenters. The Balaban J connectivity index is 0. The van der Waals surface area contributed by atoms with E-state index in [0.29, 0.717) is 19.6 Å². The molecule has 6 nitrogen and oxygen atoms in total. The average molecular weight is 290 g/mol. The summed E-state index contributed by atoms with van der Waals surface area (Å²) in [4.78, 5) is 0. The molecule has 8 heteroatoms. The summed E-state index contributed by atoms with van der Waals surface area (Å²) in [6.45, 7) is 6.59. The van der Waals surface area contributed by atoms with Gasteiger partial charge in [-0.1, -0.05) is 20.8 Å². The lowest BCUT2D eigenvalue weighted by Crippen LogP contribution is -2.03. The van der Waals surface area contributed by atoms with Crippen LogP contribution in [-0.2, 0) is 29.8 Å². The van der Waals surface area contributed by atoms with Gasteiger partial charge in [-0.05, 0) is 19.3 Å². The monoisotopic (exact) mass is 290 g/mol. The highest BCUT2D eigenvalue weighted by Crippen LogP contribution is 1.91. The third-order valence-corrected chi connectivity index (χ3v) is 2.87. The summed E-state index contributed by atoms with van der Waals surface area (Å²) < 4.78 is 47.7. The fourth-order valence-corrected chi connectivity index (χ4v) is 1.78. The molecule has 0 bridgehead atoms. The van der Waals surface area contributed by atoms with Gasteiger partial charge in [-0.15, -0.1) is 0 Å². The van der Waals surface area contributed by atoms with Gasteiger partial charge in [-0.25, -0.2) is 0 Å². The highest BCUT2D eigenvalue weighted by Gasteiger charge is 1.98. The molecule has 0 saturated heterocycles. The van der Waals surface area contributed by atoms with Crippen molar-refractivity contribution in [1.82, 2.24) is 0 Å². The van der Waals surface area contributed by atoms with Crippen LogP contribution in [0.5, 0.6) is 0 Å². The van der Waals surface area contributed by atoms with Crippen molar-refractivity contribution in [2.24, 2.45) is 0 Å². The van der Waals surface area contributed by atoms with Gasteiger partial charge in [0, 0.05) is 0 Å². The van der Waals surface area contributed by atoms with Gasteiger partial charge in [0.15, 0.2) is 0 Å². The normalized spacial score (nSPS) is 11.1. The molecule has 0 unspecified atom stereocenters. The number of rotatable bonds is 8. The highest BCUT2D eigenvalue weighted by molar-refractivity contribution is 7.85. The van der Waals surface area contributed by atoms with Crippen LogP contribution in [0.4, 0.5) is 0 Å². The van der Waals surface area contributed by atoms with E-state index in [4.69, 9.17) is 12.9 Å². The minimum atomic E-state index is -3.67. The van der Waals surface area contributed by atoms with Crippen molar-refractivity contribution in [2.75, 3.05) is 19.0 Å². The molecular formula is C9H22O6S2. The molecule has 106 valence electrons. The second kappa shape index (κ2) is 12.4. The van der Waals surface area contributed by atoms with E-state index in [2.05, 4.69) is 0 Å². The summed E-state index contributed by atoms with van der Waals surface area (Å²) in [7, 11) is -3.67. The summed E-state index contributed by atoms with van der Waals surface area (Å²) in [6.07, 6.45) is 2.20. The topological polar surface area (TPSA) is 89.9 Å². The molecular weight excluding hydrogens is 268 g/mol. The molecule has 0 fully saturated rings. The Morgan fingerprint density at radius 1 is 1.00 bits per heavy atom. The zero-order chi connectivity index (χ0) is 13.7. The van der Waals surface area contributed by atoms with Gasteiger partial charge in [0.1, 0.15) is 0 Å². The lowest BCUT2D eigenvalue weighted by molar-refractivity contribution is 0.250. The molecule has 0 aromatic rings.